The van der Waals surface area contributed by atoms with E-state index in [1.165, 1.54) is 11.3 Å². The van der Waals surface area contributed by atoms with E-state index in [9.17, 15) is 4.79 Å². The maximum atomic E-state index is 13.0. The minimum absolute atomic E-state index is 0.0226. The van der Waals surface area contributed by atoms with Crippen LogP contribution >= 0.6 is 22.9 Å². The quantitative estimate of drug-likeness (QED) is 0.535. The van der Waals surface area contributed by atoms with Crippen molar-refractivity contribution in [1.29, 1.82) is 0 Å². The fraction of sp³-hybridized carbons (Fsp3) is 0.304. The van der Waals surface area contributed by atoms with Crippen molar-refractivity contribution in [2.24, 2.45) is 0 Å². The van der Waals surface area contributed by atoms with Crippen molar-refractivity contribution in [3.63, 3.8) is 0 Å². The number of anilines is 1. The summed E-state index contributed by atoms with van der Waals surface area (Å²) in [6.45, 7) is 3.41. The van der Waals surface area contributed by atoms with Crippen molar-refractivity contribution in [1.82, 2.24) is 9.88 Å². The summed E-state index contributed by atoms with van der Waals surface area (Å²) in [7, 11) is 1.66. The minimum Gasteiger partial charge on any atom is -0.497 e. The van der Waals surface area contributed by atoms with Crippen LogP contribution in [0.1, 0.15) is 21.9 Å². The standard InChI is InChI=1S/C23H24ClN3O3S/c1-29-19-9-5-18(6-10-19)26-11-2-12-27(14-13-26)23(28)21-16-31-22(25-21)15-30-20-7-3-17(24)4-8-20/h3-10,16H,2,11-15H2,1H3. The summed E-state index contributed by atoms with van der Waals surface area (Å²) in [5.74, 6) is 1.54. The topological polar surface area (TPSA) is 54.9 Å². The molecule has 1 aromatic heterocycles. The number of hydrogen-bond acceptors (Lipinski definition) is 6. The van der Waals surface area contributed by atoms with Gasteiger partial charge in [-0.3, -0.25) is 4.79 Å². The number of amides is 1. The normalized spacial score (nSPS) is 14.3. The molecule has 0 saturated carbocycles. The Kier molecular flexibility index (Phi) is 6.94. The molecule has 0 unspecified atom stereocenters. The summed E-state index contributed by atoms with van der Waals surface area (Å²) in [6.07, 6.45) is 0.911. The molecule has 2 heterocycles. The van der Waals surface area contributed by atoms with Crippen LogP contribution in [0.3, 0.4) is 0 Å². The van der Waals surface area contributed by atoms with Crippen LogP contribution in [-0.2, 0) is 6.61 Å². The van der Waals surface area contributed by atoms with Gasteiger partial charge in [-0.15, -0.1) is 11.3 Å². The number of benzene rings is 2. The van der Waals surface area contributed by atoms with Gasteiger partial charge in [-0.1, -0.05) is 11.6 Å². The van der Waals surface area contributed by atoms with Crippen LogP contribution in [0, 0.1) is 0 Å². The Balaban J connectivity index is 1.33. The van der Waals surface area contributed by atoms with Crippen LogP contribution in [0.4, 0.5) is 5.69 Å². The zero-order valence-electron chi connectivity index (χ0n) is 17.3. The maximum Gasteiger partial charge on any atom is 0.273 e. The molecule has 1 amide bonds. The fourth-order valence-corrected chi connectivity index (χ4v) is 4.29. The maximum absolute atomic E-state index is 13.0. The van der Waals surface area contributed by atoms with E-state index in [-0.39, 0.29) is 5.91 Å². The second-order valence-corrected chi connectivity index (χ2v) is 8.58. The smallest absolute Gasteiger partial charge is 0.273 e. The van der Waals surface area contributed by atoms with E-state index in [1.807, 2.05) is 34.5 Å². The van der Waals surface area contributed by atoms with E-state index >= 15 is 0 Å². The van der Waals surface area contributed by atoms with Gasteiger partial charge >= 0.3 is 0 Å². The van der Waals surface area contributed by atoms with Gasteiger partial charge in [0, 0.05) is 42.3 Å². The molecule has 3 aromatic rings. The summed E-state index contributed by atoms with van der Waals surface area (Å²) in [5, 5.41) is 3.25. The van der Waals surface area contributed by atoms with E-state index < -0.39 is 0 Å². The van der Waals surface area contributed by atoms with E-state index in [1.54, 1.807) is 19.2 Å². The van der Waals surface area contributed by atoms with Crippen LogP contribution < -0.4 is 14.4 Å². The van der Waals surface area contributed by atoms with E-state index in [4.69, 9.17) is 21.1 Å². The van der Waals surface area contributed by atoms with Crippen LogP contribution in [0.2, 0.25) is 5.02 Å². The monoisotopic (exact) mass is 457 g/mol. The van der Waals surface area contributed by atoms with Crippen molar-refractivity contribution in [2.45, 2.75) is 13.0 Å². The first kappa shape index (κ1) is 21.5. The van der Waals surface area contributed by atoms with Crippen LogP contribution in [0.15, 0.2) is 53.9 Å². The molecular formula is C23H24ClN3O3S. The first-order valence-electron chi connectivity index (χ1n) is 10.1. The lowest BCUT2D eigenvalue weighted by Crippen LogP contribution is -2.35. The highest BCUT2D eigenvalue weighted by molar-refractivity contribution is 7.09. The highest BCUT2D eigenvalue weighted by atomic mass is 35.5. The van der Waals surface area contributed by atoms with Crippen molar-refractivity contribution in [2.75, 3.05) is 38.2 Å². The lowest BCUT2D eigenvalue weighted by Gasteiger charge is -2.23. The van der Waals surface area contributed by atoms with Gasteiger partial charge in [-0.25, -0.2) is 4.98 Å². The van der Waals surface area contributed by atoms with Gasteiger partial charge in [0.2, 0.25) is 0 Å². The summed E-state index contributed by atoms with van der Waals surface area (Å²) in [4.78, 5) is 21.7. The van der Waals surface area contributed by atoms with Gasteiger partial charge in [0.25, 0.3) is 5.91 Å². The molecule has 8 heteroatoms. The number of nitrogens with zero attached hydrogens (tertiary/aromatic N) is 3. The largest absolute Gasteiger partial charge is 0.497 e. The molecule has 162 valence electrons. The van der Waals surface area contributed by atoms with Gasteiger partial charge < -0.3 is 19.3 Å². The first-order chi connectivity index (χ1) is 15.1. The number of methoxy groups -OCH3 is 1. The number of rotatable bonds is 6. The third kappa shape index (κ3) is 5.48. The third-order valence-electron chi connectivity index (χ3n) is 5.17. The van der Waals surface area contributed by atoms with Gasteiger partial charge in [-0.05, 0) is 55.0 Å². The predicted molar refractivity (Wildman–Crippen MR) is 124 cm³/mol. The number of aromatic nitrogens is 1. The van der Waals surface area contributed by atoms with Crippen molar-refractivity contribution in [3.05, 3.63) is 69.6 Å². The molecule has 0 spiro atoms. The van der Waals surface area contributed by atoms with Gasteiger partial charge in [0.1, 0.15) is 28.8 Å². The first-order valence-corrected chi connectivity index (χ1v) is 11.4. The molecule has 1 fully saturated rings. The minimum atomic E-state index is -0.0226. The van der Waals surface area contributed by atoms with E-state index in [0.29, 0.717) is 23.9 Å². The van der Waals surface area contributed by atoms with Crippen molar-refractivity contribution < 1.29 is 14.3 Å². The van der Waals surface area contributed by atoms with E-state index in [0.717, 1.165) is 48.2 Å². The third-order valence-corrected chi connectivity index (χ3v) is 6.24. The predicted octanol–water partition coefficient (Wildman–Crippen LogP) is 4.74. The number of carbonyl (C=O) groups is 1. The summed E-state index contributed by atoms with van der Waals surface area (Å²) in [5.41, 5.74) is 1.63. The SMILES string of the molecule is COc1ccc(N2CCCN(C(=O)c3csc(COc4ccc(Cl)cc4)n3)CC2)cc1. The van der Waals surface area contributed by atoms with Gasteiger partial charge in [0.15, 0.2) is 0 Å². The lowest BCUT2D eigenvalue weighted by atomic mass is 10.2. The zero-order chi connectivity index (χ0) is 21.6. The number of hydrogen-bond donors (Lipinski definition) is 0. The zero-order valence-corrected chi connectivity index (χ0v) is 18.9. The Morgan fingerprint density at radius 2 is 1.77 bits per heavy atom. The number of ether oxygens (including phenoxy) is 2. The summed E-state index contributed by atoms with van der Waals surface area (Å²) in [6, 6.07) is 15.2. The number of carbonyl (C=O) groups excluding carboxylic acids is 1. The van der Waals surface area contributed by atoms with Crippen molar-refractivity contribution >= 4 is 34.5 Å². The highest BCUT2D eigenvalue weighted by Gasteiger charge is 2.22. The van der Waals surface area contributed by atoms with Crippen LogP contribution in [-0.4, -0.2) is 49.1 Å². The Bertz CT molecular complexity index is 1010. The summed E-state index contributed by atoms with van der Waals surface area (Å²) >= 11 is 7.33. The molecule has 4 rings (SSSR count). The van der Waals surface area contributed by atoms with Crippen molar-refractivity contribution in [3.8, 4) is 11.5 Å². The lowest BCUT2D eigenvalue weighted by molar-refractivity contribution is 0.0761. The molecule has 1 aliphatic rings. The highest BCUT2D eigenvalue weighted by Crippen LogP contribution is 2.22. The molecule has 6 nitrogen and oxygen atoms in total. The van der Waals surface area contributed by atoms with Gasteiger partial charge in [0.05, 0.1) is 7.11 Å². The molecular weight excluding hydrogens is 434 g/mol. The molecule has 0 N–H and O–H groups in total. The molecule has 0 atom stereocenters. The average molecular weight is 458 g/mol. The second-order valence-electron chi connectivity index (χ2n) is 7.20. The Hall–Kier alpha value is -2.77. The van der Waals surface area contributed by atoms with Crippen LogP contribution in [0.5, 0.6) is 11.5 Å². The second kappa shape index (κ2) is 10.0. The Morgan fingerprint density at radius 1 is 1.03 bits per heavy atom. The summed E-state index contributed by atoms with van der Waals surface area (Å²) < 4.78 is 11.0. The van der Waals surface area contributed by atoms with E-state index in [2.05, 4.69) is 22.0 Å². The van der Waals surface area contributed by atoms with Crippen LogP contribution in [0.25, 0.3) is 0 Å². The van der Waals surface area contributed by atoms with Gasteiger partial charge in [-0.2, -0.15) is 0 Å². The Labute approximate surface area is 191 Å². The molecule has 1 aliphatic heterocycles. The molecule has 0 bridgehead atoms. The molecule has 0 aliphatic carbocycles. The average Bonchev–Trinajstić information content (AvgIpc) is 3.14. The molecule has 0 radical (unpaired) electrons. The number of thiazole rings is 1. The number of halogens is 1. The molecule has 1 saturated heterocycles. The Morgan fingerprint density at radius 3 is 2.52 bits per heavy atom. The molecule has 2 aromatic carbocycles. The fourth-order valence-electron chi connectivity index (χ4n) is 3.49. The molecule has 31 heavy (non-hydrogen) atoms.